The number of nitrogens with one attached hydrogen (secondary N) is 1. The molecule has 1 aromatic rings. The van der Waals surface area contributed by atoms with E-state index >= 15 is 0 Å². The molecule has 0 aromatic heterocycles. The van der Waals surface area contributed by atoms with E-state index in [1.165, 1.54) is 24.0 Å². The Morgan fingerprint density at radius 3 is 2.50 bits per heavy atom. The maximum atomic E-state index is 12.6. The van der Waals surface area contributed by atoms with Gasteiger partial charge in [-0.05, 0) is 56.4 Å². The van der Waals surface area contributed by atoms with Crippen LogP contribution in [0.5, 0.6) is 0 Å². The number of amides is 1. The molecule has 1 aliphatic carbocycles. The molecule has 3 rings (SSSR count). The smallest absolute Gasteiger partial charge is 0.253 e. The highest BCUT2D eigenvalue weighted by Gasteiger charge is 2.26. The van der Waals surface area contributed by atoms with Crippen molar-refractivity contribution in [2.75, 3.05) is 13.1 Å². The Labute approximate surface area is 127 Å². The second-order valence-electron chi connectivity index (χ2n) is 6.02. The first-order valence-electron chi connectivity index (χ1n) is 7.30. The molecule has 1 aliphatic heterocycles. The third kappa shape index (κ3) is 2.99. The van der Waals surface area contributed by atoms with Crippen LogP contribution in [0.4, 0.5) is 0 Å². The van der Waals surface area contributed by atoms with Crippen LogP contribution in [0.15, 0.2) is 18.2 Å². The lowest BCUT2D eigenvalue weighted by molar-refractivity contribution is 0.0673. The van der Waals surface area contributed by atoms with Gasteiger partial charge in [0.2, 0.25) is 0 Å². The van der Waals surface area contributed by atoms with E-state index in [0.29, 0.717) is 12.1 Å². The number of carbonyl (C=O) groups excluding carboxylic acids is 1. The van der Waals surface area contributed by atoms with E-state index in [2.05, 4.69) is 31.3 Å². The lowest BCUT2D eigenvalue weighted by Crippen LogP contribution is -2.55. The molecule has 1 N–H and O–H groups in total. The molecule has 110 valence electrons. The summed E-state index contributed by atoms with van der Waals surface area (Å²) < 4.78 is 0. The fraction of sp³-hybridized carbons (Fsp3) is 0.562. The Balaban J connectivity index is 0.00000147. The van der Waals surface area contributed by atoms with Gasteiger partial charge in [-0.25, -0.2) is 0 Å². The zero-order valence-electron chi connectivity index (χ0n) is 12.2. The van der Waals surface area contributed by atoms with Gasteiger partial charge in [-0.2, -0.15) is 0 Å². The fourth-order valence-electron chi connectivity index (χ4n) is 3.38. The van der Waals surface area contributed by atoms with Crippen LogP contribution in [0.3, 0.4) is 0 Å². The molecule has 0 saturated carbocycles. The summed E-state index contributed by atoms with van der Waals surface area (Å²) in [5.74, 6) is 0.190. The largest absolute Gasteiger partial charge is 0.336 e. The van der Waals surface area contributed by atoms with Gasteiger partial charge in [0.05, 0.1) is 0 Å². The minimum absolute atomic E-state index is 0. The summed E-state index contributed by atoms with van der Waals surface area (Å²) in [5.41, 5.74) is 3.67. The summed E-state index contributed by atoms with van der Waals surface area (Å²) in [5, 5.41) is 3.46. The molecule has 1 heterocycles. The third-order valence-electron chi connectivity index (χ3n) is 4.19. The number of halogens is 1. The van der Waals surface area contributed by atoms with Gasteiger partial charge in [0.25, 0.3) is 5.91 Å². The van der Waals surface area contributed by atoms with Crippen molar-refractivity contribution in [3.63, 3.8) is 0 Å². The van der Waals surface area contributed by atoms with Crippen LogP contribution in [-0.2, 0) is 12.8 Å². The molecule has 2 aliphatic rings. The lowest BCUT2D eigenvalue weighted by Gasteiger charge is -2.36. The van der Waals surface area contributed by atoms with Crippen LogP contribution in [-0.4, -0.2) is 36.0 Å². The number of carbonyl (C=O) groups is 1. The molecular weight excluding hydrogens is 272 g/mol. The van der Waals surface area contributed by atoms with Gasteiger partial charge in [-0.1, -0.05) is 6.07 Å². The maximum Gasteiger partial charge on any atom is 0.253 e. The Hall–Kier alpha value is -1.06. The first kappa shape index (κ1) is 15.3. The number of hydrogen-bond donors (Lipinski definition) is 1. The van der Waals surface area contributed by atoms with Crippen molar-refractivity contribution < 1.29 is 4.79 Å². The molecule has 1 aromatic carbocycles. The molecule has 4 heteroatoms. The van der Waals surface area contributed by atoms with Crippen LogP contribution in [0.1, 0.15) is 41.8 Å². The van der Waals surface area contributed by atoms with Gasteiger partial charge >= 0.3 is 0 Å². The molecule has 2 unspecified atom stereocenters. The number of fused-ring (bicyclic) bond motifs is 1. The second kappa shape index (κ2) is 6.15. The van der Waals surface area contributed by atoms with E-state index in [9.17, 15) is 4.79 Å². The fourth-order valence-corrected chi connectivity index (χ4v) is 3.38. The van der Waals surface area contributed by atoms with Crippen LogP contribution in [0.25, 0.3) is 0 Å². The van der Waals surface area contributed by atoms with Gasteiger partial charge in [-0.15, -0.1) is 12.4 Å². The summed E-state index contributed by atoms with van der Waals surface area (Å²) in [6.45, 7) is 5.89. The number of benzene rings is 1. The molecular formula is C16H23ClN2O. The van der Waals surface area contributed by atoms with Crippen molar-refractivity contribution in [1.29, 1.82) is 0 Å². The maximum absolute atomic E-state index is 12.6. The molecule has 3 nitrogen and oxygen atoms in total. The van der Waals surface area contributed by atoms with Crippen LogP contribution in [0.2, 0.25) is 0 Å². The summed E-state index contributed by atoms with van der Waals surface area (Å²) in [7, 11) is 0. The summed E-state index contributed by atoms with van der Waals surface area (Å²) in [4.78, 5) is 14.6. The molecule has 1 fully saturated rings. The Bertz CT molecular complexity index is 493. The van der Waals surface area contributed by atoms with E-state index in [1.54, 1.807) is 0 Å². The first-order valence-corrected chi connectivity index (χ1v) is 7.30. The van der Waals surface area contributed by atoms with E-state index in [0.717, 1.165) is 25.1 Å². The van der Waals surface area contributed by atoms with Crippen LogP contribution < -0.4 is 5.32 Å². The van der Waals surface area contributed by atoms with E-state index in [1.807, 2.05) is 11.0 Å². The van der Waals surface area contributed by atoms with Crippen molar-refractivity contribution in [2.45, 2.75) is 45.2 Å². The average molecular weight is 295 g/mol. The Morgan fingerprint density at radius 2 is 1.80 bits per heavy atom. The number of nitrogens with zero attached hydrogens (tertiary/aromatic N) is 1. The minimum Gasteiger partial charge on any atom is -0.336 e. The molecule has 2 atom stereocenters. The van der Waals surface area contributed by atoms with E-state index in [4.69, 9.17) is 0 Å². The van der Waals surface area contributed by atoms with Gasteiger partial charge in [0.15, 0.2) is 0 Å². The quantitative estimate of drug-likeness (QED) is 0.863. The Morgan fingerprint density at radius 1 is 1.15 bits per heavy atom. The first-order chi connectivity index (χ1) is 9.13. The normalized spacial score (nSPS) is 25.0. The van der Waals surface area contributed by atoms with Gasteiger partial charge in [-0.3, -0.25) is 4.79 Å². The standard InChI is InChI=1S/C16H22N2O.ClH/c1-11-9-18(10-12(2)17-11)16(19)15-7-6-13-4-3-5-14(13)8-15;/h6-8,11-12,17H,3-5,9-10H2,1-2H3;1H. The lowest BCUT2D eigenvalue weighted by atomic mass is 10.0. The van der Waals surface area contributed by atoms with E-state index in [-0.39, 0.29) is 18.3 Å². The monoisotopic (exact) mass is 294 g/mol. The van der Waals surface area contributed by atoms with Crippen molar-refractivity contribution in [3.05, 3.63) is 34.9 Å². The van der Waals surface area contributed by atoms with Crippen molar-refractivity contribution in [1.82, 2.24) is 10.2 Å². The highest BCUT2D eigenvalue weighted by molar-refractivity contribution is 5.94. The minimum atomic E-state index is 0. The van der Waals surface area contributed by atoms with Gasteiger partial charge in [0, 0.05) is 30.7 Å². The van der Waals surface area contributed by atoms with Crippen molar-refractivity contribution in [3.8, 4) is 0 Å². The predicted molar refractivity (Wildman–Crippen MR) is 83.7 cm³/mol. The predicted octanol–water partition coefficient (Wildman–Crippen LogP) is 2.42. The van der Waals surface area contributed by atoms with Crippen molar-refractivity contribution >= 4 is 18.3 Å². The molecule has 1 amide bonds. The summed E-state index contributed by atoms with van der Waals surface area (Å²) >= 11 is 0. The molecule has 0 radical (unpaired) electrons. The highest BCUT2D eigenvalue weighted by Crippen LogP contribution is 2.23. The summed E-state index contributed by atoms with van der Waals surface area (Å²) in [6, 6.07) is 7.01. The molecule has 0 bridgehead atoms. The van der Waals surface area contributed by atoms with E-state index < -0.39 is 0 Å². The zero-order valence-corrected chi connectivity index (χ0v) is 13.0. The average Bonchev–Trinajstić information content (AvgIpc) is 2.83. The molecule has 20 heavy (non-hydrogen) atoms. The molecule has 0 spiro atoms. The van der Waals surface area contributed by atoms with Gasteiger partial charge < -0.3 is 10.2 Å². The third-order valence-corrected chi connectivity index (χ3v) is 4.19. The number of rotatable bonds is 1. The SMILES string of the molecule is CC1CN(C(=O)c2ccc3c(c2)CCC3)CC(C)N1.Cl. The van der Waals surface area contributed by atoms with Crippen molar-refractivity contribution in [2.24, 2.45) is 0 Å². The Kier molecular flexibility index (Phi) is 4.71. The summed E-state index contributed by atoms with van der Waals surface area (Å²) in [6.07, 6.45) is 3.53. The number of hydrogen-bond acceptors (Lipinski definition) is 2. The number of piperazine rings is 1. The van der Waals surface area contributed by atoms with Gasteiger partial charge in [0.1, 0.15) is 0 Å². The number of aryl methyl sites for hydroxylation is 2. The highest BCUT2D eigenvalue weighted by atomic mass is 35.5. The molecule has 1 saturated heterocycles. The topological polar surface area (TPSA) is 32.3 Å². The van der Waals surface area contributed by atoms with Crippen LogP contribution >= 0.6 is 12.4 Å². The van der Waals surface area contributed by atoms with Crippen LogP contribution in [0, 0.1) is 0 Å². The zero-order chi connectivity index (χ0) is 13.4. The second-order valence-corrected chi connectivity index (χ2v) is 6.02.